The van der Waals surface area contributed by atoms with Gasteiger partial charge in [0.05, 0.1) is 10.9 Å². The first-order chi connectivity index (χ1) is 22.9. The van der Waals surface area contributed by atoms with Crippen molar-refractivity contribution in [2.45, 2.75) is 0 Å². The molecular weight excluding hydrogens is 600 g/mol. The van der Waals surface area contributed by atoms with E-state index >= 15 is 0 Å². The molecule has 3 aromatic heterocycles. The number of rotatable bonds is 2. The van der Waals surface area contributed by atoms with Crippen LogP contribution in [0, 0.1) is 0 Å². The summed E-state index contributed by atoms with van der Waals surface area (Å²) in [7, 11) is 0. The molecule has 0 fully saturated rings. The monoisotopic (exact) mass is 618 g/mol. The Balaban J connectivity index is 1.53. The van der Waals surface area contributed by atoms with Gasteiger partial charge in [0.1, 0.15) is 33.9 Å². The summed E-state index contributed by atoms with van der Waals surface area (Å²) in [6.45, 7) is 0. The number of hydrogen-bond acceptors (Lipinski definition) is 9. The zero-order chi connectivity index (χ0) is 32.0. The van der Waals surface area contributed by atoms with Gasteiger partial charge in [0.2, 0.25) is 0 Å². The van der Waals surface area contributed by atoms with E-state index in [9.17, 15) is 24.9 Å². The molecule has 0 spiro atoms. The number of carbonyl (C=O) groups is 2. The van der Waals surface area contributed by atoms with Crippen molar-refractivity contribution in [3.63, 3.8) is 0 Å². The van der Waals surface area contributed by atoms with E-state index < -0.39 is 28.8 Å². The van der Waals surface area contributed by atoms with E-state index in [1.165, 1.54) is 0 Å². The van der Waals surface area contributed by atoms with Gasteiger partial charge in [0.15, 0.2) is 23.3 Å². The molecule has 2 aliphatic rings. The third kappa shape index (κ3) is 3.83. The van der Waals surface area contributed by atoms with Crippen LogP contribution in [0.25, 0.3) is 89.7 Å². The molecule has 47 heavy (non-hydrogen) atoms. The predicted octanol–water partition coefficient (Wildman–Crippen LogP) is 5.97. The highest BCUT2D eigenvalue weighted by atomic mass is 16.4. The molecule has 0 atom stereocenters. The van der Waals surface area contributed by atoms with Crippen molar-refractivity contribution < 1.29 is 24.9 Å². The molecule has 5 heterocycles. The van der Waals surface area contributed by atoms with Gasteiger partial charge in [-0.15, -0.1) is 0 Å². The lowest BCUT2D eigenvalue weighted by Crippen LogP contribution is -2.08. The fourth-order valence-electron chi connectivity index (χ4n) is 6.17. The number of nitrogens with zero attached hydrogens (tertiary/aromatic N) is 6. The molecule has 13 nitrogen and oxygen atoms in total. The number of carboxylic acids is 2. The molecule has 9 rings (SSSR count). The van der Waals surface area contributed by atoms with Gasteiger partial charge in [-0.2, -0.15) is 0 Å². The molecule has 13 heteroatoms. The third-order valence-corrected chi connectivity index (χ3v) is 8.26. The van der Waals surface area contributed by atoms with Crippen LogP contribution in [0.5, 0.6) is 5.75 Å². The van der Waals surface area contributed by atoms with Crippen LogP contribution in [0.3, 0.4) is 0 Å². The first-order valence-electron chi connectivity index (χ1n) is 14.3. The molecule has 7 aromatic rings. The van der Waals surface area contributed by atoms with Gasteiger partial charge in [0.25, 0.3) is 0 Å². The topological polar surface area (TPSA) is 204 Å². The summed E-state index contributed by atoms with van der Waals surface area (Å²) < 4.78 is 0. The number of hydrogen-bond donors (Lipinski definition) is 5. The Kier molecular flexibility index (Phi) is 5.33. The van der Waals surface area contributed by atoms with Crippen molar-refractivity contribution in [2.75, 3.05) is 0 Å². The molecule has 0 radical (unpaired) electrons. The van der Waals surface area contributed by atoms with Crippen LogP contribution in [0.1, 0.15) is 20.7 Å². The maximum absolute atomic E-state index is 12.2. The maximum atomic E-state index is 12.2. The minimum Gasteiger partial charge on any atom is -0.506 e. The predicted molar refractivity (Wildman–Crippen MR) is 172 cm³/mol. The summed E-state index contributed by atoms with van der Waals surface area (Å²) >= 11 is 0. The van der Waals surface area contributed by atoms with Crippen LogP contribution in [-0.4, -0.2) is 67.1 Å². The lowest BCUT2D eigenvalue weighted by atomic mass is 10.0. The molecule has 0 amide bonds. The highest BCUT2D eigenvalue weighted by Gasteiger charge is 2.27. The average molecular weight is 619 g/mol. The fourth-order valence-corrected chi connectivity index (χ4v) is 6.17. The van der Waals surface area contributed by atoms with E-state index in [1.807, 2.05) is 72.8 Å². The first kappa shape index (κ1) is 26.4. The number of aromatic carboxylic acids is 2. The number of nitrogens with one attached hydrogen (secondary N) is 2. The zero-order valence-corrected chi connectivity index (χ0v) is 23.8. The van der Waals surface area contributed by atoms with E-state index in [1.54, 1.807) is 0 Å². The van der Waals surface area contributed by atoms with Crippen LogP contribution >= 0.6 is 0 Å². The van der Waals surface area contributed by atoms with Crippen molar-refractivity contribution in [3.8, 4) is 51.3 Å². The van der Waals surface area contributed by atoms with Gasteiger partial charge in [-0.3, -0.25) is 0 Å². The van der Waals surface area contributed by atoms with E-state index in [0.717, 1.165) is 16.8 Å². The van der Waals surface area contributed by atoms with Crippen molar-refractivity contribution in [2.24, 2.45) is 0 Å². The average Bonchev–Trinajstić information content (AvgIpc) is 3.80. The second kappa shape index (κ2) is 9.49. The highest BCUT2D eigenvalue weighted by Crippen LogP contribution is 2.40. The van der Waals surface area contributed by atoms with Crippen LogP contribution < -0.4 is 0 Å². The van der Waals surface area contributed by atoms with E-state index in [-0.39, 0.29) is 33.7 Å². The minimum atomic E-state index is -1.61. The first-order valence-corrected chi connectivity index (χ1v) is 14.3. The number of benzene rings is 4. The molecule has 0 aliphatic carbocycles. The minimum absolute atomic E-state index is 0.0194. The summed E-state index contributed by atoms with van der Waals surface area (Å²) in [5, 5.41) is 32.9. The van der Waals surface area contributed by atoms with Crippen LogP contribution in [0.4, 0.5) is 0 Å². The molecule has 4 aromatic carbocycles. The standard InChI is InChI=1S/C34H18N8O5/c43-24-22-20(13-21(33(44)45)23(24)34(46)47)31-40-29-17-10-4-3-9-16(17)27(38-29)36-25-14-7-1-2-8-15(14)26(35-25)37-28-18-11-5-6-12-19(18)30(39-28)41-32(22)42-31/h1-13,43H,(H,44,45)(H,46,47)(H2,35,36,37,38,39,40,41,42). The molecule has 0 unspecified atom stereocenters. The number of aromatic nitrogens is 8. The Morgan fingerprint density at radius 1 is 0.511 bits per heavy atom. The Bertz CT molecular complexity index is 2730. The second-order valence-corrected chi connectivity index (χ2v) is 10.9. The second-order valence-electron chi connectivity index (χ2n) is 10.9. The SMILES string of the molecule is O=C(O)c1cc2c3nc4nc(nc5[nH]c(nc6nc(nc([nH]3)c2c(O)c1C(=O)O)-c1ccccc1-6)c1ccccc51)-c1ccccc1-4. The van der Waals surface area contributed by atoms with E-state index in [2.05, 4.69) is 9.97 Å². The summed E-state index contributed by atoms with van der Waals surface area (Å²) in [5.74, 6) is -2.67. The highest BCUT2D eigenvalue weighted by molar-refractivity contribution is 6.17. The molecule has 224 valence electrons. The number of H-pyrrole nitrogens is 2. The van der Waals surface area contributed by atoms with Crippen molar-refractivity contribution >= 4 is 56.1 Å². The van der Waals surface area contributed by atoms with Crippen molar-refractivity contribution in [1.29, 1.82) is 0 Å². The number of aromatic hydroxyl groups is 1. The van der Waals surface area contributed by atoms with Gasteiger partial charge >= 0.3 is 11.9 Å². The lowest BCUT2D eigenvalue weighted by molar-refractivity contribution is 0.0649. The smallest absolute Gasteiger partial charge is 0.340 e. The Labute approximate surface area is 262 Å². The van der Waals surface area contributed by atoms with Gasteiger partial charge in [0, 0.05) is 38.4 Å². The summed E-state index contributed by atoms with van der Waals surface area (Å²) in [6.07, 6.45) is 0. The number of aromatic amines is 2. The van der Waals surface area contributed by atoms with Crippen molar-refractivity contribution in [3.05, 3.63) is 90.0 Å². The number of carboxylic acid groups (broad SMARTS) is 2. The molecule has 2 aliphatic heterocycles. The van der Waals surface area contributed by atoms with Gasteiger partial charge in [-0.1, -0.05) is 72.8 Å². The number of fused-ring (bicyclic) bond motifs is 20. The molecular formula is C34H18N8O5. The summed E-state index contributed by atoms with van der Waals surface area (Å²) in [6, 6.07) is 23.6. The van der Waals surface area contributed by atoms with Crippen LogP contribution in [0.2, 0.25) is 0 Å². The van der Waals surface area contributed by atoms with Gasteiger partial charge in [-0.05, 0) is 6.07 Å². The van der Waals surface area contributed by atoms with E-state index in [0.29, 0.717) is 45.2 Å². The maximum Gasteiger partial charge on any atom is 0.340 e. The molecule has 5 N–H and O–H groups in total. The summed E-state index contributed by atoms with van der Waals surface area (Å²) in [5.41, 5.74) is 2.51. The van der Waals surface area contributed by atoms with Crippen LogP contribution in [0.15, 0.2) is 78.9 Å². The van der Waals surface area contributed by atoms with Crippen LogP contribution in [-0.2, 0) is 0 Å². The normalized spacial score (nSPS) is 11.8. The summed E-state index contributed by atoms with van der Waals surface area (Å²) in [4.78, 5) is 59.7. The largest absolute Gasteiger partial charge is 0.506 e. The quantitative estimate of drug-likeness (QED) is 0.153. The molecule has 0 saturated heterocycles. The third-order valence-electron chi connectivity index (χ3n) is 8.26. The Morgan fingerprint density at radius 2 is 0.915 bits per heavy atom. The fraction of sp³-hybridized carbons (Fsp3) is 0. The Morgan fingerprint density at radius 3 is 1.36 bits per heavy atom. The van der Waals surface area contributed by atoms with Gasteiger partial charge < -0.3 is 25.3 Å². The van der Waals surface area contributed by atoms with Crippen molar-refractivity contribution in [1.82, 2.24) is 39.9 Å². The van der Waals surface area contributed by atoms with Gasteiger partial charge in [-0.25, -0.2) is 39.5 Å². The Hall–Kier alpha value is -7.02. The molecule has 0 saturated carbocycles. The number of phenols is 1. The zero-order valence-electron chi connectivity index (χ0n) is 23.8. The molecule has 8 bridgehead atoms. The van der Waals surface area contributed by atoms with E-state index in [4.69, 9.17) is 29.9 Å². The lowest BCUT2D eigenvalue weighted by Gasteiger charge is -2.06.